The molecule has 6 nitrogen and oxygen atoms in total. The number of carbonyl (C=O) groups is 1. The molecule has 0 saturated carbocycles. The van der Waals surface area contributed by atoms with Crippen LogP contribution >= 0.6 is 11.8 Å². The molecule has 1 amide bonds. The Morgan fingerprint density at radius 2 is 2.04 bits per heavy atom. The van der Waals surface area contributed by atoms with Crippen LogP contribution in [0.25, 0.3) is 6.08 Å². The lowest BCUT2D eigenvalue weighted by Crippen LogP contribution is -2.28. The topological polar surface area (TPSA) is 75.8 Å². The Kier molecular flexibility index (Phi) is 5.31. The standard InChI is InChI=1S/C18H13F2N3O3S/c1-2-22-17(24)16(9-11-4-3-5-13(8-11)23(25)26)27-18(22)21-15-7-6-12(19)10-14(15)20/h3-10H,2H2,1H3/b16-9+,21-18?. The second-order valence-corrected chi connectivity index (χ2v) is 6.51. The number of thioether (sulfide) groups is 1. The Hall–Kier alpha value is -3.07. The number of benzene rings is 2. The van der Waals surface area contributed by atoms with Crippen molar-refractivity contribution in [1.29, 1.82) is 0 Å². The first-order chi connectivity index (χ1) is 12.9. The quantitative estimate of drug-likeness (QED) is 0.438. The number of hydrogen-bond donors (Lipinski definition) is 0. The molecule has 0 aliphatic carbocycles. The molecule has 9 heteroatoms. The Morgan fingerprint density at radius 1 is 1.26 bits per heavy atom. The Morgan fingerprint density at radius 3 is 2.70 bits per heavy atom. The van der Waals surface area contributed by atoms with Crippen LogP contribution in [0.3, 0.4) is 0 Å². The Labute approximate surface area is 157 Å². The van der Waals surface area contributed by atoms with Gasteiger partial charge in [0.15, 0.2) is 11.0 Å². The molecule has 3 rings (SSSR count). The molecule has 1 heterocycles. The Bertz CT molecular complexity index is 992. The van der Waals surface area contributed by atoms with Gasteiger partial charge in [-0.05, 0) is 42.5 Å². The molecule has 1 aliphatic rings. The van der Waals surface area contributed by atoms with Crippen molar-refractivity contribution in [1.82, 2.24) is 4.90 Å². The van der Waals surface area contributed by atoms with Crippen molar-refractivity contribution < 1.29 is 18.5 Å². The number of halogens is 2. The molecule has 1 aliphatic heterocycles. The van der Waals surface area contributed by atoms with E-state index >= 15 is 0 Å². The Balaban J connectivity index is 1.96. The van der Waals surface area contributed by atoms with Gasteiger partial charge in [-0.1, -0.05) is 12.1 Å². The van der Waals surface area contributed by atoms with Crippen molar-refractivity contribution in [3.8, 4) is 0 Å². The lowest BCUT2D eigenvalue weighted by atomic mass is 10.2. The van der Waals surface area contributed by atoms with Crippen LogP contribution in [-0.2, 0) is 4.79 Å². The van der Waals surface area contributed by atoms with Crippen molar-refractivity contribution in [2.75, 3.05) is 6.54 Å². The van der Waals surface area contributed by atoms with Crippen molar-refractivity contribution in [2.45, 2.75) is 6.92 Å². The number of amides is 1. The number of rotatable bonds is 4. The smallest absolute Gasteiger partial charge is 0.270 e. The summed E-state index contributed by atoms with van der Waals surface area (Å²) in [5.74, 6) is -1.89. The van der Waals surface area contributed by atoms with Gasteiger partial charge >= 0.3 is 0 Å². The lowest BCUT2D eigenvalue weighted by molar-refractivity contribution is -0.384. The van der Waals surface area contributed by atoms with E-state index in [1.807, 2.05) is 0 Å². The summed E-state index contributed by atoms with van der Waals surface area (Å²) < 4.78 is 26.9. The van der Waals surface area contributed by atoms with Crippen LogP contribution < -0.4 is 0 Å². The highest BCUT2D eigenvalue weighted by Crippen LogP contribution is 2.34. The van der Waals surface area contributed by atoms with E-state index in [1.165, 1.54) is 35.2 Å². The van der Waals surface area contributed by atoms with Crippen LogP contribution in [0.1, 0.15) is 12.5 Å². The van der Waals surface area contributed by atoms with Crippen LogP contribution in [0.4, 0.5) is 20.2 Å². The van der Waals surface area contributed by atoms with Gasteiger partial charge in [-0.15, -0.1) is 0 Å². The predicted molar refractivity (Wildman–Crippen MR) is 99.5 cm³/mol. The minimum absolute atomic E-state index is 0.0817. The monoisotopic (exact) mass is 389 g/mol. The van der Waals surface area contributed by atoms with Gasteiger partial charge in [0.25, 0.3) is 11.6 Å². The minimum Gasteiger partial charge on any atom is -0.287 e. The molecule has 0 unspecified atom stereocenters. The first-order valence-electron chi connectivity index (χ1n) is 7.88. The molecule has 0 bridgehead atoms. The summed E-state index contributed by atoms with van der Waals surface area (Å²) in [4.78, 5) is 28.7. The fourth-order valence-electron chi connectivity index (χ4n) is 2.42. The SMILES string of the molecule is CCN1C(=O)/C(=C\c2cccc([N+](=O)[O-])c2)SC1=Nc1ccc(F)cc1F. The highest BCUT2D eigenvalue weighted by molar-refractivity contribution is 8.18. The number of non-ortho nitro benzene ring substituents is 1. The largest absolute Gasteiger partial charge is 0.287 e. The van der Waals surface area contributed by atoms with Gasteiger partial charge < -0.3 is 0 Å². The number of nitrogens with zero attached hydrogens (tertiary/aromatic N) is 3. The average Bonchev–Trinajstić information content (AvgIpc) is 2.92. The zero-order valence-electron chi connectivity index (χ0n) is 14.1. The van der Waals surface area contributed by atoms with E-state index in [2.05, 4.69) is 4.99 Å². The van der Waals surface area contributed by atoms with E-state index in [0.29, 0.717) is 17.0 Å². The molecule has 1 fully saturated rings. The summed E-state index contributed by atoms with van der Waals surface area (Å²) in [7, 11) is 0. The van der Waals surface area contributed by atoms with Gasteiger partial charge in [0, 0.05) is 24.7 Å². The first-order valence-corrected chi connectivity index (χ1v) is 8.70. The molecule has 27 heavy (non-hydrogen) atoms. The zero-order valence-corrected chi connectivity index (χ0v) is 14.9. The maximum absolute atomic E-state index is 13.9. The fraction of sp³-hybridized carbons (Fsp3) is 0.111. The zero-order chi connectivity index (χ0) is 19.6. The molecule has 2 aromatic carbocycles. The van der Waals surface area contributed by atoms with Gasteiger partial charge in [0.2, 0.25) is 0 Å². The second kappa shape index (κ2) is 7.67. The normalized spacial score (nSPS) is 17.1. The number of aliphatic imine (C=N–C) groups is 1. The summed E-state index contributed by atoms with van der Waals surface area (Å²) in [6, 6.07) is 8.86. The third-order valence-electron chi connectivity index (χ3n) is 3.71. The van der Waals surface area contributed by atoms with Gasteiger partial charge in [0.1, 0.15) is 11.5 Å². The highest BCUT2D eigenvalue weighted by atomic mass is 32.2. The van der Waals surface area contributed by atoms with Gasteiger partial charge in [-0.3, -0.25) is 19.8 Å². The third-order valence-corrected chi connectivity index (χ3v) is 4.72. The first kappa shape index (κ1) is 18.7. The fourth-order valence-corrected chi connectivity index (χ4v) is 3.48. The summed E-state index contributed by atoms with van der Waals surface area (Å²) in [5, 5.41) is 11.1. The summed E-state index contributed by atoms with van der Waals surface area (Å²) in [6.07, 6.45) is 1.52. The molecular weight excluding hydrogens is 376 g/mol. The van der Waals surface area contributed by atoms with Gasteiger partial charge in [-0.2, -0.15) is 0 Å². The van der Waals surface area contributed by atoms with Crippen molar-refractivity contribution in [3.63, 3.8) is 0 Å². The van der Waals surface area contributed by atoms with E-state index in [1.54, 1.807) is 13.0 Å². The minimum atomic E-state index is -0.831. The van der Waals surface area contributed by atoms with Gasteiger partial charge in [0.05, 0.1) is 9.83 Å². The predicted octanol–water partition coefficient (Wildman–Crippen LogP) is 4.50. The molecule has 0 atom stereocenters. The molecule has 138 valence electrons. The summed E-state index contributed by atoms with van der Waals surface area (Å²) in [5.41, 5.74) is 0.321. The molecule has 0 radical (unpaired) electrons. The number of hydrogen-bond acceptors (Lipinski definition) is 5. The average molecular weight is 389 g/mol. The maximum Gasteiger partial charge on any atom is 0.270 e. The summed E-state index contributed by atoms with van der Waals surface area (Å²) >= 11 is 1.03. The number of amidine groups is 1. The van der Waals surface area contributed by atoms with Crippen molar-refractivity contribution in [2.24, 2.45) is 4.99 Å². The van der Waals surface area contributed by atoms with Crippen molar-refractivity contribution in [3.05, 3.63) is 74.7 Å². The van der Waals surface area contributed by atoms with Crippen LogP contribution in [0.5, 0.6) is 0 Å². The van der Waals surface area contributed by atoms with Crippen molar-refractivity contribution >= 4 is 40.3 Å². The van der Waals surface area contributed by atoms with E-state index in [-0.39, 0.29) is 22.4 Å². The number of carbonyl (C=O) groups excluding carboxylic acids is 1. The second-order valence-electron chi connectivity index (χ2n) is 5.50. The van der Waals surface area contributed by atoms with E-state index in [4.69, 9.17) is 0 Å². The van der Waals surface area contributed by atoms with Crippen LogP contribution in [-0.4, -0.2) is 27.4 Å². The van der Waals surface area contributed by atoms with Crippen LogP contribution in [0.2, 0.25) is 0 Å². The molecule has 0 spiro atoms. The van der Waals surface area contributed by atoms with Gasteiger partial charge in [-0.25, -0.2) is 13.8 Å². The summed E-state index contributed by atoms with van der Waals surface area (Å²) in [6.45, 7) is 2.05. The third kappa shape index (κ3) is 4.03. The van der Waals surface area contributed by atoms with Crippen LogP contribution in [0.15, 0.2) is 52.4 Å². The van der Waals surface area contributed by atoms with E-state index in [0.717, 1.165) is 23.9 Å². The number of likely N-dealkylation sites (N-methyl/N-ethyl adjacent to an activating group) is 1. The molecular formula is C18H13F2N3O3S. The molecule has 1 saturated heterocycles. The molecule has 0 N–H and O–H groups in total. The number of nitro benzene ring substituents is 1. The lowest BCUT2D eigenvalue weighted by Gasteiger charge is -2.12. The van der Waals surface area contributed by atoms with E-state index < -0.39 is 16.6 Å². The number of nitro groups is 1. The highest BCUT2D eigenvalue weighted by Gasteiger charge is 2.32. The van der Waals surface area contributed by atoms with Crippen LogP contribution in [0, 0.1) is 21.7 Å². The molecule has 2 aromatic rings. The maximum atomic E-state index is 13.9. The van der Waals surface area contributed by atoms with E-state index in [9.17, 15) is 23.7 Å². The molecule has 0 aromatic heterocycles.